The minimum Gasteiger partial charge on any atom is -0.493 e. The van der Waals surface area contributed by atoms with Gasteiger partial charge in [0.05, 0.1) is 37.1 Å². The van der Waals surface area contributed by atoms with Crippen molar-refractivity contribution in [1.29, 1.82) is 0 Å². The highest BCUT2D eigenvalue weighted by Crippen LogP contribution is 2.40. The van der Waals surface area contributed by atoms with Gasteiger partial charge in [-0.05, 0) is 55.2 Å². The number of ether oxygens (including phenoxy) is 2. The zero-order chi connectivity index (χ0) is 32.1. The van der Waals surface area contributed by atoms with Crippen molar-refractivity contribution < 1.29 is 23.9 Å². The number of hydrogen-bond acceptors (Lipinski definition) is 7. The summed E-state index contributed by atoms with van der Waals surface area (Å²) < 4.78 is 11.0. The second kappa shape index (κ2) is 14.2. The number of amides is 3. The molecule has 2 heterocycles. The van der Waals surface area contributed by atoms with Crippen LogP contribution in [0.2, 0.25) is 0 Å². The van der Waals surface area contributed by atoms with Crippen molar-refractivity contribution >= 4 is 23.4 Å². The fourth-order valence-corrected chi connectivity index (χ4v) is 6.34. The molecule has 5 rings (SSSR count). The van der Waals surface area contributed by atoms with Gasteiger partial charge in [0, 0.05) is 44.7 Å². The van der Waals surface area contributed by atoms with Crippen LogP contribution >= 0.6 is 0 Å². The third-order valence-electron chi connectivity index (χ3n) is 8.99. The quantitative estimate of drug-likeness (QED) is 0.214. The largest absolute Gasteiger partial charge is 0.493 e. The van der Waals surface area contributed by atoms with Crippen molar-refractivity contribution in [3.63, 3.8) is 0 Å². The molecule has 0 radical (unpaired) electrons. The van der Waals surface area contributed by atoms with E-state index in [0.717, 1.165) is 37.4 Å². The third kappa shape index (κ3) is 6.68. The van der Waals surface area contributed by atoms with E-state index in [1.54, 1.807) is 26.4 Å². The van der Waals surface area contributed by atoms with Gasteiger partial charge in [-0.3, -0.25) is 24.2 Å². The number of nitrogens with one attached hydrogen (secondary N) is 1. The van der Waals surface area contributed by atoms with Gasteiger partial charge in [0.15, 0.2) is 11.5 Å². The highest BCUT2D eigenvalue weighted by atomic mass is 16.5. The Labute approximate surface area is 266 Å². The lowest BCUT2D eigenvalue weighted by atomic mass is 9.99. The van der Waals surface area contributed by atoms with Crippen molar-refractivity contribution in [3.05, 3.63) is 89.0 Å². The molecule has 0 aromatic heterocycles. The van der Waals surface area contributed by atoms with E-state index in [1.807, 2.05) is 44.2 Å². The second-order valence-corrected chi connectivity index (χ2v) is 12.0. The van der Waals surface area contributed by atoms with Crippen LogP contribution in [0.4, 0.5) is 5.69 Å². The van der Waals surface area contributed by atoms with Gasteiger partial charge in [-0.2, -0.15) is 0 Å². The van der Waals surface area contributed by atoms with E-state index in [4.69, 9.17) is 9.47 Å². The van der Waals surface area contributed by atoms with Crippen molar-refractivity contribution in [2.75, 3.05) is 51.8 Å². The number of benzene rings is 3. The highest BCUT2D eigenvalue weighted by molar-refractivity contribution is 6.24. The molecule has 1 saturated heterocycles. The van der Waals surface area contributed by atoms with E-state index in [1.165, 1.54) is 10.5 Å². The maximum Gasteiger partial charge on any atom is 0.264 e. The molecule has 2 unspecified atom stereocenters. The van der Waals surface area contributed by atoms with Gasteiger partial charge in [-0.1, -0.05) is 56.3 Å². The maximum absolute atomic E-state index is 14.3. The molecule has 0 spiro atoms. The van der Waals surface area contributed by atoms with Crippen LogP contribution in [0.5, 0.6) is 11.5 Å². The van der Waals surface area contributed by atoms with Gasteiger partial charge < -0.3 is 19.7 Å². The molecule has 0 aliphatic carbocycles. The van der Waals surface area contributed by atoms with Crippen molar-refractivity contribution in [1.82, 2.24) is 15.1 Å². The molecule has 0 saturated carbocycles. The van der Waals surface area contributed by atoms with Gasteiger partial charge >= 0.3 is 0 Å². The molecule has 3 amide bonds. The van der Waals surface area contributed by atoms with Crippen LogP contribution in [0.3, 0.4) is 0 Å². The van der Waals surface area contributed by atoms with Gasteiger partial charge in [0.1, 0.15) is 0 Å². The van der Waals surface area contributed by atoms with Crippen LogP contribution in [0.25, 0.3) is 0 Å². The molecule has 9 heteroatoms. The SMILES string of the molecule is COc1ccc(C(CCCNC(=O)C(C)C)N2C(=O)c3cccc(N4CCN(C(C)c5ccccc5)CC4)c3C2=O)cc1OC. The first-order valence-electron chi connectivity index (χ1n) is 15.8. The lowest BCUT2D eigenvalue weighted by molar-refractivity contribution is -0.124. The Morgan fingerprint density at radius 1 is 0.822 bits per heavy atom. The summed E-state index contributed by atoms with van der Waals surface area (Å²) in [7, 11) is 3.13. The summed E-state index contributed by atoms with van der Waals surface area (Å²) in [5.74, 6) is 0.337. The zero-order valence-electron chi connectivity index (χ0n) is 26.9. The number of hydrogen-bond donors (Lipinski definition) is 1. The first kappa shape index (κ1) is 32.0. The van der Waals surface area contributed by atoms with Gasteiger partial charge in [0.25, 0.3) is 11.8 Å². The zero-order valence-corrected chi connectivity index (χ0v) is 26.9. The molecule has 9 nitrogen and oxygen atoms in total. The standard InChI is InChI=1S/C36H44N4O5/c1-24(2)34(41)37-18-10-15-29(27-16-17-31(44-4)32(23-27)45-5)40-35(42)28-13-9-14-30(33(28)36(40)43)39-21-19-38(20-22-39)25(3)26-11-7-6-8-12-26/h6-9,11-14,16-17,23-25,29H,10,15,18-22H2,1-5H3,(H,37,41). The smallest absolute Gasteiger partial charge is 0.264 e. The predicted octanol–water partition coefficient (Wildman–Crippen LogP) is 5.48. The Morgan fingerprint density at radius 3 is 2.20 bits per heavy atom. The number of fused-ring (bicyclic) bond motifs is 1. The Balaban J connectivity index is 1.39. The summed E-state index contributed by atoms with van der Waals surface area (Å²) in [6.07, 6.45) is 1.06. The Morgan fingerprint density at radius 2 is 1.53 bits per heavy atom. The fraction of sp³-hybridized carbons (Fsp3) is 0.417. The second-order valence-electron chi connectivity index (χ2n) is 12.0. The number of carbonyl (C=O) groups excluding carboxylic acids is 3. The van der Waals surface area contributed by atoms with Crippen LogP contribution in [0, 0.1) is 5.92 Å². The third-order valence-corrected chi connectivity index (χ3v) is 8.99. The molecule has 2 aliphatic rings. The van der Waals surface area contributed by atoms with Crippen LogP contribution in [0.1, 0.15) is 77.5 Å². The Kier molecular flexibility index (Phi) is 10.1. The van der Waals surface area contributed by atoms with Crippen molar-refractivity contribution in [2.24, 2.45) is 5.92 Å². The number of piperazine rings is 1. The Hall–Kier alpha value is -4.37. The van der Waals surface area contributed by atoms with E-state index in [0.29, 0.717) is 48.1 Å². The summed E-state index contributed by atoms with van der Waals surface area (Å²) in [5, 5.41) is 2.95. The van der Waals surface area contributed by atoms with E-state index >= 15 is 0 Å². The molecule has 2 atom stereocenters. The number of imide groups is 1. The first-order chi connectivity index (χ1) is 21.7. The van der Waals surface area contributed by atoms with Crippen LogP contribution in [0.15, 0.2) is 66.7 Å². The predicted molar refractivity (Wildman–Crippen MR) is 175 cm³/mol. The highest BCUT2D eigenvalue weighted by Gasteiger charge is 2.43. The number of methoxy groups -OCH3 is 2. The molecule has 238 valence electrons. The molecule has 3 aromatic rings. The van der Waals surface area contributed by atoms with Gasteiger partial charge in [0.2, 0.25) is 5.91 Å². The van der Waals surface area contributed by atoms with Crippen LogP contribution < -0.4 is 19.7 Å². The minimum atomic E-state index is -0.551. The number of anilines is 1. The monoisotopic (exact) mass is 612 g/mol. The molecule has 45 heavy (non-hydrogen) atoms. The summed E-state index contributed by atoms with van der Waals surface area (Å²) >= 11 is 0. The van der Waals surface area contributed by atoms with E-state index in [9.17, 15) is 14.4 Å². The molecule has 2 aliphatic heterocycles. The van der Waals surface area contributed by atoms with Gasteiger partial charge in [-0.15, -0.1) is 0 Å². The van der Waals surface area contributed by atoms with Crippen molar-refractivity contribution in [2.45, 2.75) is 45.7 Å². The van der Waals surface area contributed by atoms with Crippen LogP contribution in [-0.4, -0.2) is 74.5 Å². The topological polar surface area (TPSA) is 91.4 Å². The summed E-state index contributed by atoms with van der Waals surface area (Å²) in [6.45, 7) is 9.58. The van der Waals surface area contributed by atoms with Gasteiger partial charge in [-0.25, -0.2) is 0 Å². The average Bonchev–Trinajstić information content (AvgIpc) is 3.33. The molecular formula is C36H44N4O5. The van der Waals surface area contributed by atoms with E-state index < -0.39 is 6.04 Å². The summed E-state index contributed by atoms with van der Waals surface area (Å²) in [6, 6.07) is 21.3. The van der Waals surface area contributed by atoms with E-state index in [2.05, 4.69) is 46.3 Å². The molecular weight excluding hydrogens is 568 g/mol. The normalized spacial score (nSPS) is 16.5. The van der Waals surface area contributed by atoms with Crippen LogP contribution in [-0.2, 0) is 4.79 Å². The lowest BCUT2D eigenvalue weighted by Crippen LogP contribution is -2.47. The summed E-state index contributed by atoms with van der Waals surface area (Å²) in [5.41, 5.74) is 3.74. The Bertz CT molecular complexity index is 1520. The maximum atomic E-state index is 14.3. The summed E-state index contributed by atoms with van der Waals surface area (Å²) in [4.78, 5) is 46.6. The van der Waals surface area contributed by atoms with E-state index in [-0.39, 0.29) is 23.6 Å². The number of rotatable bonds is 12. The lowest BCUT2D eigenvalue weighted by Gasteiger charge is -2.39. The number of nitrogens with zero attached hydrogens (tertiary/aromatic N) is 3. The molecule has 0 bridgehead atoms. The van der Waals surface area contributed by atoms with Crippen molar-refractivity contribution in [3.8, 4) is 11.5 Å². The first-order valence-corrected chi connectivity index (χ1v) is 15.8. The fourth-order valence-electron chi connectivity index (χ4n) is 6.34. The molecule has 3 aromatic carbocycles. The average molecular weight is 613 g/mol. The number of carbonyl (C=O) groups is 3. The molecule has 1 N–H and O–H groups in total. The minimum absolute atomic E-state index is 0.0266. The molecule has 1 fully saturated rings.